The van der Waals surface area contributed by atoms with Crippen molar-refractivity contribution in [1.29, 1.82) is 0 Å². The van der Waals surface area contributed by atoms with Gasteiger partial charge in [-0.3, -0.25) is 4.79 Å². The van der Waals surface area contributed by atoms with Crippen molar-refractivity contribution in [2.45, 2.75) is 11.3 Å². The lowest BCUT2D eigenvalue weighted by Crippen LogP contribution is -1.93. The molecule has 0 radical (unpaired) electrons. The second-order valence-electron chi connectivity index (χ2n) is 2.54. The molecule has 0 amide bonds. The molecule has 0 aromatic heterocycles. The maximum atomic E-state index is 11.9. The molecule has 1 aromatic rings. The fraction of sp³-hybridized carbons (Fsp3) is 0.222. The van der Waals surface area contributed by atoms with Crippen LogP contribution in [0.3, 0.4) is 0 Å². The van der Waals surface area contributed by atoms with Gasteiger partial charge in [0.15, 0.2) is 0 Å². The Bertz CT molecular complexity index is 331. The molecule has 5 heteroatoms. The summed E-state index contributed by atoms with van der Waals surface area (Å²) in [5.74, 6) is -0.293. The smallest absolute Gasteiger partial charge is 0.247 e. The van der Waals surface area contributed by atoms with Crippen molar-refractivity contribution in [1.82, 2.24) is 0 Å². The number of benzene rings is 1. The minimum atomic E-state index is -2.36. The van der Waals surface area contributed by atoms with Crippen LogP contribution in [0.1, 0.15) is 10.4 Å². The van der Waals surface area contributed by atoms with Crippen molar-refractivity contribution in [2.24, 2.45) is 0 Å². The molecule has 0 aliphatic heterocycles. The van der Waals surface area contributed by atoms with Crippen LogP contribution in [0, 0.1) is 0 Å². The van der Waals surface area contributed by atoms with Crippen LogP contribution in [0.4, 0.5) is 8.78 Å². The van der Waals surface area contributed by atoms with E-state index in [1.165, 1.54) is 12.1 Å². The average molecular weight is 237 g/mol. The Hall–Kier alpha value is -0.610. The zero-order valence-corrected chi connectivity index (χ0v) is 8.62. The molecular formula is C9H7ClF2OS. The van der Waals surface area contributed by atoms with Crippen LogP contribution in [0.15, 0.2) is 23.1 Å². The molecule has 1 nitrogen and oxygen atoms in total. The second kappa shape index (κ2) is 5.32. The number of carbonyl (C=O) groups excluding carboxylic acids is 1. The van der Waals surface area contributed by atoms with Crippen LogP contribution in [0.25, 0.3) is 0 Å². The predicted octanol–water partition coefficient (Wildman–Crippen LogP) is 3.51. The first kappa shape index (κ1) is 11.5. The zero-order valence-electron chi connectivity index (χ0n) is 7.04. The topological polar surface area (TPSA) is 17.1 Å². The van der Waals surface area contributed by atoms with Gasteiger partial charge in [-0.15, -0.1) is 11.8 Å². The Kier molecular flexibility index (Phi) is 4.35. The Balaban J connectivity index is 2.76. The summed E-state index contributed by atoms with van der Waals surface area (Å²) < 4.78 is 23.8. The first-order chi connectivity index (χ1) is 6.61. The fourth-order valence-corrected chi connectivity index (χ4v) is 1.95. The number of hydrogen-bond acceptors (Lipinski definition) is 2. The van der Waals surface area contributed by atoms with Gasteiger partial charge in [0.05, 0.1) is 5.75 Å². The first-order valence-corrected chi connectivity index (χ1v) is 5.15. The molecule has 0 unspecified atom stereocenters. The summed E-state index contributed by atoms with van der Waals surface area (Å²) in [5, 5.41) is 0.381. The van der Waals surface area contributed by atoms with Gasteiger partial charge in [-0.2, -0.15) is 0 Å². The van der Waals surface area contributed by atoms with Gasteiger partial charge in [-0.1, -0.05) is 11.6 Å². The molecule has 0 fully saturated rings. The highest BCUT2D eigenvalue weighted by molar-refractivity contribution is 7.99. The molecule has 0 aliphatic rings. The van der Waals surface area contributed by atoms with Gasteiger partial charge in [0.2, 0.25) is 6.43 Å². The predicted molar refractivity (Wildman–Crippen MR) is 53.6 cm³/mol. The van der Waals surface area contributed by atoms with Crippen LogP contribution >= 0.6 is 23.4 Å². The number of hydrogen-bond donors (Lipinski definition) is 0. The molecule has 0 bridgehead atoms. The highest BCUT2D eigenvalue weighted by atomic mass is 35.5. The minimum absolute atomic E-state index is 0.293. The van der Waals surface area contributed by atoms with E-state index in [0.717, 1.165) is 11.8 Å². The number of halogens is 3. The second-order valence-corrected chi connectivity index (χ2v) is 4.07. The number of carbonyl (C=O) groups is 1. The summed E-state index contributed by atoms with van der Waals surface area (Å²) in [6.07, 6.45) is -1.73. The Morgan fingerprint density at radius 2 is 2.14 bits per heavy atom. The lowest BCUT2D eigenvalue weighted by molar-refractivity contribution is 0.112. The Labute approximate surface area is 89.4 Å². The van der Waals surface area contributed by atoms with Crippen molar-refractivity contribution < 1.29 is 13.6 Å². The lowest BCUT2D eigenvalue weighted by Gasteiger charge is -2.02. The van der Waals surface area contributed by atoms with Gasteiger partial charge in [0, 0.05) is 15.5 Å². The van der Waals surface area contributed by atoms with Gasteiger partial charge in [0.1, 0.15) is 6.29 Å². The van der Waals surface area contributed by atoms with E-state index < -0.39 is 6.43 Å². The molecule has 0 saturated heterocycles. The van der Waals surface area contributed by atoms with Crippen LogP contribution in [0.2, 0.25) is 5.02 Å². The maximum Gasteiger partial charge on any atom is 0.247 e. The minimum Gasteiger partial charge on any atom is -0.298 e. The third-order valence-corrected chi connectivity index (χ3v) is 2.61. The third-order valence-electron chi connectivity index (χ3n) is 1.41. The van der Waals surface area contributed by atoms with Gasteiger partial charge < -0.3 is 0 Å². The van der Waals surface area contributed by atoms with Crippen molar-refractivity contribution in [3.63, 3.8) is 0 Å². The van der Waals surface area contributed by atoms with Gasteiger partial charge in [-0.05, 0) is 18.2 Å². The summed E-state index contributed by atoms with van der Waals surface area (Å²) >= 11 is 6.66. The number of rotatable bonds is 4. The molecule has 0 aliphatic carbocycles. The van der Waals surface area contributed by atoms with Gasteiger partial charge in [0.25, 0.3) is 0 Å². The molecule has 0 atom stereocenters. The van der Waals surface area contributed by atoms with E-state index in [4.69, 9.17) is 11.6 Å². The van der Waals surface area contributed by atoms with Gasteiger partial charge in [-0.25, -0.2) is 8.78 Å². The van der Waals surface area contributed by atoms with Crippen LogP contribution < -0.4 is 0 Å². The molecule has 1 aromatic carbocycles. The number of aldehydes is 1. The SMILES string of the molecule is O=Cc1cc(Cl)cc(SCC(F)F)c1. The molecule has 0 heterocycles. The summed E-state index contributed by atoms with van der Waals surface area (Å²) in [7, 11) is 0. The fourth-order valence-electron chi connectivity index (χ4n) is 0.895. The Morgan fingerprint density at radius 3 is 2.71 bits per heavy atom. The maximum absolute atomic E-state index is 11.9. The van der Waals surface area contributed by atoms with E-state index in [-0.39, 0.29) is 5.75 Å². The molecule has 1 rings (SSSR count). The largest absolute Gasteiger partial charge is 0.298 e. The van der Waals surface area contributed by atoms with Crippen molar-refractivity contribution in [3.05, 3.63) is 28.8 Å². The average Bonchev–Trinajstić information content (AvgIpc) is 2.14. The molecule has 0 N–H and O–H groups in total. The Morgan fingerprint density at radius 1 is 1.43 bits per heavy atom. The van der Waals surface area contributed by atoms with Crippen molar-refractivity contribution in [3.8, 4) is 0 Å². The van der Waals surface area contributed by atoms with E-state index in [2.05, 4.69) is 0 Å². The molecule has 14 heavy (non-hydrogen) atoms. The standard InChI is InChI=1S/C9H7ClF2OS/c10-7-1-6(4-13)2-8(3-7)14-5-9(11)12/h1-4,9H,5H2. The molecular weight excluding hydrogens is 230 g/mol. The molecule has 0 saturated carbocycles. The summed E-state index contributed by atoms with van der Waals surface area (Å²) in [4.78, 5) is 11.0. The van der Waals surface area contributed by atoms with Crippen LogP contribution in [0.5, 0.6) is 0 Å². The number of alkyl halides is 2. The summed E-state index contributed by atoms with van der Waals surface area (Å²) in [5.41, 5.74) is 0.397. The van der Waals surface area contributed by atoms with E-state index in [9.17, 15) is 13.6 Å². The zero-order chi connectivity index (χ0) is 10.6. The van der Waals surface area contributed by atoms with E-state index in [1.54, 1.807) is 6.07 Å². The number of thioether (sulfide) groups is 1. The van der Waals surface area contributed by atoms with Crippen LogP contribution in [-0.4, -0.2) is 18.5 Å². The molecule has 0 spiro atoms. The van der Waals surface area contributed by atoms with E-state index in [1.807, 2.05) is 0 Å². The third kappa shape index (κ3) is 3.64. The van der Waals surface area contributed by atoms with E-state index >= 15 is 0 Å². The highest BCUT2D eigenvalue weighted by Gasteiger charge is 2.05. The quantitative estimate of drug-likeness (QED) is 0.588. The molecule has 76 valence electrons. The van der Waals surface area contributed by atoms with Crippen molar-refractivity contribution >= 4 is 29.6 Å². The lowest BCUT2D eigenvalue weighted by atomic mass is 10.2. The highest BCUT2D eigenvalue weighted by Crippen LogP contribution is 2.24. The summed E-state index contributed by atoms with van der Waals surface area (Å²) in [6, 6.07) is 4.58. The van der Waals surface area contributed by atoms with E-state index in [0.29, 0.717) is 21.8 Å². The monoisotopic (exact) mass is 236 g/mol. The van der Waals surface area contributed by atoms with Crippen LogP contribution in [-0.2, 0) is 0 Å². The normalized spacial score (nSPS) is 10.6. The summed E-state index contributed by atoms with van der Waals surface area (Å²) in [6.45, 7) is 0. The van der Waals surface area contributed by atoms with Crippen molar-refractivity contribution in [2.75, 3.05) is 5.75 Å². The first-order valence-electron chi connectivity index (χ1n) is 3.78. The van der Waals surface area contributed by atoms with Gasteiger partial charge >= 0.3 is 0 Å².